The van der Waals surface area contributed by atoms with E-state index >= 15 is 0 Å². The minimum absolute atomic E-state index is 0.279. The van der Waals surface area contributed by atoms with E-state index < -0.39 is 10.0 Å². The maximum absolute atomic E-state index is 12.1. The molecular formula is C13H29N3O2S. The molecule has 0 aromatic rings. The second-order valence-corrected chi connectivity index (χ2v) is 7.64. The van der Waals surface area contributed by atoms with Crippen LogP contribution in [0.4, 0.5) is 0 Å². The average molecular weight is 291 g/mol. The molecule has 114 valence electrons. The summed E-state index contributed by atoms with van der Waals surface area (Å²) < 4.78 is 26.9. The summed E-state index contributed by atoms with van der Waals surface area (Å²) in [6, 6.07) is 0.279. The molecule has 0 aromatic heterocycles. The molecular weight excluding hydrogens is 262 g/mol. The largest absolute Gasteiger partial charge is 0.316 e. The highest BCUT2D eigenvalue weighted by atomic mass is 32.2. The lowest BCUT2D eigenvalue weighted by atomic mass is 10.1. The van der Waals surface area contributed by atoms with E-state index in [1.54, 1.807) is 6.92 Å². The SMILES string of the molecule is CCNCC(C)S(=O)(=O)NCC(C)N1CCCCC1. The third-order valence-electron chi connectivity index (χ3n) is 3.81. The van der Waals surface area contributed by atoms with Crippen molar-refractivity contribution in [3.05, 3.63) is 0 Å². The first-order valence-corrected chi connectivity index (χ1v) is 8.95. The van der Waals surface area contributed by atoms with Crippen LogP contribution in [0, 0.1) is 0 Å². The lowest BCUT2D eigenvalue weighted by Crippen LogP contribution is -2.47. The second kappa shape index (κ2) is 8.19. The fourth-order valence-corrected chi connectivity index (χ4v) is 3.42. The van der Waals surface area contributed by atoms with Gasteiger partial charge in [-0.3, -0.25) is 4.90 Å². The third kappa shape index (κ3) is 5.77. The molecule has 0 saturated carbocycles. The lowest BCUT2D eigenvalue weighted by Gasteiger charge is -2.32. The highest BCUT2D eigenvalue weighted by molar-refractivity contribution is 7.90. The van der Waals surface area contributed by atoms with Crippen molar-refractivity contribution < 1.29 is 8.42 Å². The monoisotopic (exact) mass is 291 g/mol. The van der Waals surface area contributed by atoms with Crippen LogP contribution in [0.15, 0.2) is 0 Å². The Morgan fingerprint density at radius 3 is 2.32 bits per heavy atom. The number of hydrogen-bond acceptors (Lipinski definition) is 4. The lowest BCUT2D eigenvalue weighted by molar-refractivity contribution is 0.175. The van der Waals surface area contributed by atoms with Crippen LogP contribution in [0.5, 0.6) is 0 Å². The Balaban J connectivity index is 2.36. The summed E-state index contributed by atoms with van der Waals surface area (Å²) in [6.07, 6.45) is 3.76. The Labute approximate surface area is 118 Å². The van der Waals surface area contributed by atoms with Gasteiger partial charge in [-0.15, -0.1) is 0 Å². The van der Waals surface area contributed by atoms with Crippen LogP contribution in [0.1, 0.15) is 40.0 Å². The van der Waals surface area contributed by atoms with Crippen LogP contribution in [-0.2, 0) is 10.0 Å². The topological polar surface area (TPSA) is 61.4 Å². The molecule has 0 amide bonds. The highest BCUT2D eigenvalue weighted by Gasteiger charge is 2.22. The number of hydrogen-bond donors (Lipinski definition) is 2. The highest BCUT2D eigenvalue weighted by Crippen LogP contribution is 2.11. The molecule has 6 heteroatoms. The Kier molecular flexibility index (Phi) is 7.28. The summed E-state index contributed by atoms with van der Waals surface area (Å²) in [5.41, 5.74) is 0. The van der Waals surface area contributed by atoms with Gasteiger partial charge in [-0.2, -0.15) is 0 Å². The Morgan fingerprint density at radius 2 is 1.74 bits per heavy atom. The summed E-state index contributed by atoms with van der Waals surface area (Å²) >= 11 is 0. The fourth-order valence-electron chi connectivity index (χ4n) is 2.32. The zero-order chi connectivity index (χ0) is 14.3. The molecule has 2 N–H and O–H groups in total. The molecule has 2 unspecified atom stereocenters. The Bertz CT molecular complexity index is 340. The number of nitrogens with zero attached hydrogens (tertiary/aromatic N) is 1. The summed E-state index contributed by atoms with van der Waals surface area (Å²) in [5.74, 6) is 0. The maximum Gasteiger partial charge on any atom is 0.215 e. The standard InChI is InChI=1S/C13H29N3O2S/c1-4-14-11-13(3)19(17,18)15-10-12(2)16-8-6-5-7-9-16/h12-15H,4-11H2,1-3H3. The number of piperidine rings is 1. The first-order chi connectivity index (χ1) is 8.97. The first-order valence-electron chi connectivity index (χ1n) is 7.40. The van der Waals surface area contributed by atoms with Crippen molar-refractivity contribution in [2.75, 3.05) is 32.7 Å². The summed E-state index contributed by atoms with van der Waals surface area (Å²) in [7, 11) is -3.21. The molecule has 1 rings (SSSR count). The Hall–Kier alpha value is -0.170. The van der Waals surface area contributed by atoms with Gasteiger partial charge in [-0.1, -0.05) is 13.3 Å². The normalized spacial score (nSPS) is 21.2. The number of likely N-dealkylation sites (tertiary alicyclic amines) is 1. The predicted molar refractivity (Wildman–Crippen MR) is 79.8 cm³/mol. The van der Waals surface area contributed by atoms with Gasteiger partial charge >= 0.3 is 0 Å². The molecule has 1 aliphatic rings. The van der Waals surface area contributed by atoms with Crippen molar-refractivity contribution >= 4 is 10.0 Å². The molecule has 1 saturated heterocycles. The van der Waals surface area contributed by atoms with Gasteiger partial charge in [0.05, 0.1) is 5.25 Å². The van der Waals surface area contributed by atoms with Crippen LogP contribution in [0.25, 0.3) is 0 Å². The number of rotatable bonds is 8. The quantitative estimate of drug-likeness (QED) is 0.694. The van der Waals surface area contributed by atoms with Crippen molar-refractivity contribution in [3.63, 3.8) is 0 Å². The smallest absolute Gasteiger partial charge is 0.215 e. The van der Waals surface area contributed by atoms with Gasteiger partial charge in [0, 0.05) is 19.1 Å². The van der Waals surface area contributed by atoms with Gasteiger partial charge in [0.1, 0.15) is 0 Å². The van der Waals surface area contributed by atoms with Gasteiger partial charge in [0.2, 0.25) is 10.0 Å². The van der Waals surface area contributed by atoms with Crippen molar-refractivity contribution in [2.24, 2.45) is 0 Å². The van der Waals surface area contributed by atoms with Gasteiger partial charge in [0.15, 0.2) is 0 Å². The van der Waals surface area contributed by atoms with Gasteiger partial charge in [0.25, 0.3) is 0 Å². The minimum atomic E-state index is -3.21. The maximum atomic E-state index is 12.1. The molecule has 0 bridgehead atoms. The van der Waals surface area contributed by atoms with Gasteiger partial charge in [-0.25, -0.2) is 13.1 Å². The van der Waals surface area contributed by atoms with E-state index in [0.717, 1.165) is 19.6 Å². The first kappa shape index (κ1) is 16.9. The Morgan fingerprint density at radius 1 is 1.11 bits per heavy atom. The third-order valence-corrected chi connectivity index (χ3v) is 5.60. The molecule has 1 aliphatic heterocycles. The van der Waals surface area contributed by atoms with Crippen LogP contribution < -0.4 is 10.0 Å². The molecule has 1 heterocycles. The van der Waals surface area contributed by atoms with Crippen LogP contribution in [-0.4, -0.2) is 57.3 Å². The summed E-state index contributed by atoms with van der Waals surface area (Å²) in [6.45, 7) is 9.82. The van der Waals surface area contributed by atoms with E-state index in [1.165, 1.54) is 19.3 Å². The van der Waals surface area contributed by atoms with Crippen LogP contribution in [0.2, 0.25) is 0 Å². The van der Waals surface area contributed by atoms with Crippen LogP contribution >= 0.6 is 0 Å². The van der Waals surface area contributed by atoms with Gasteiger partial charge < -0.3 is 5.32 Å². The summed E-state index contributed by atoms with van der Waals surface area (Å²) in [4.78, 5) is 2.38. The number of nitrogens with one attached hydrogen (secondary N) is 2. The molecule has 2 atom stereocenters. The van der Waals surface area contributed by atoms with E-state index in [1.807, 2.05) is 6.92 Å². The zero-order valence-corrected chi connectivity index (χ0v) is 13.3. The van der Waals surface area contributed by atoms with Crippen molar-refractivity contribution in [1.82, 2.24) is 14.9 Å². The van der Waals surface area contributed by atoms with E-state index in [4.69, 9.17) is 0 Å². The van der Waals surface area contributed by atoms with E-state index in [0.29, 0.717) is 13.1 Å². The van der Waals surface area contributed by atoms with Crippen molar-refractivity contribution in [2.45, 2.75) is 51.3 Å². The zero-order valence-electron chi connectivity index (χ0n) is 12.5. The number of sulfonamides is 1. The molecule has 1 fully saturated rings. The predicted octanol–water partition coefficient (Wildman–Crippen LogP) is 0.778. The fraction of sp³-hybridized carbons (Fsp3) is 1.00. The van der Waals surface area contributed by atoms with Crippen molar-refractivity contribution in [3.8, 4) is 0 Å². The van der Waals surface area contributed by atoms with Crippen molar-refractivity contribution in [1.29, 1.82) is 0 Å². The molecule has 0 aromatic carbocycles. The summed E-state index contributed by atoms with van der Waals surface area (Å²) in [5, 5.41) is 2.69. The molecule has 5 nitrogen and oxygen atoms in total. The van der Waals surface area contributed by atoms with E-state index in [2.05, 4.69) is 21.9 Å². The van der Waals surface area contributed by atoms with E-state index in [9.17, 15) is 8.42 Å². The van der Waals surface area contributed by atoms with Crippen LogP contribution in [0.3, 0.4) is 0 Å². The second-order valence-electron chi connectivity index (χ2n) is 5.46. The molecule has 0 aliphatic carbocycles. The minimum Gasteiger partial charge on any atom is -0.316 e. The van der Waals surface area contributed by atoms with Gasteiger partial charge in [-0.05, 0) is 46.3 Å². The average Bonchev–Trinajstić information content (AvgIpc) is 2.43. The molecule has 0 radical (unpaired) electrons. The molecule has 0 spiro atoms. The van der Waals surface area contributed by atoms with E-state index in [-0.39, 0.29) is 11.3 Å². The molecule has 19 heavy (non-hydrogen) atoms.